The number of carbonyl (C=O) groups excluding carboxylic acids is 1. The van der Waals surface area contributed by atoms with Gasteiger partial charge in [0.25, 0.3) is 0 Å². The molecule has 1 aromatic heterocycles. The Labute approximate surface area is 89.4 Å². The van der Waals surface area contributed by atoms with E-state index in [2.05, 4.69) is 0 Å². The fraction of sp³-hybridized carbons (Fsp3) is 0.583. The van der Waals surface area contributed by atoms with Crippen molar-refractivity contribution in [1.82, 2.24) is 0 Å². The van der Waals surface area contributed by atoms with E-state index in [0.717, 1.165) is 25.2 Å². The van der Waals surface area contributed by atoms with Crippen LogP contribution in [0.25, 0.3) is 0 Å². The van der Waals surface area contributed by atoms with Crippen molar-refractivity contribution in [2.24, 2.45) is 0 Å². The maximum absolute atomic E-state index is 11.6. The monoisotopic (exact) mass is 208 g/mol. The lowest BCUT2D eigenvalue weighted by Crippen LogP contribution is -2.23. The van der Waals surface area contributed by atoms with Crippen LogP contribution in [0.15, 0.2) is 22.8 Å². The van der Waals surface area contributed by atoms with Gasteiger partial charge >= 0.3 is 0 Å². The number of carbonyl (C=O) groups is 1. The van der Waals surface area contributed by atoms with Crippen molar-refractivity contribution in [3.8, 4) is 0 Å². The van der Waals surface area contributed by atoms with Gasteiger partial charge in [-0.1, -0.05) is 0 Å². The lowest BCUT2D eigenvalue weighted by Gasteiger charge is -2.21. The molecule has 0 saturated carbocycles. The summed E-state index contributed by atoms with van der Waals surface area (Å²) >= 11 is 0. The molecule has 3 nitrogen and oxygen atoms in total. The zero-order chi connectivity index (χ0) is 10.5. The van der Waals surface area contributed by atoms with Gasteiger partial charge in [0.1, 0.15) is 11.5 Å². The number of furan rings is 1. The highest BCUT2D eigenvalue weighted by Gasteiger charge is 2.18. The predicted octanol–water partition coefficient (Wildman–Crippen LogP) is 2.35. The summed E-state index contributed by atoms with van der Waals surface area (Å²) in [6.07, 6.45) is 5.99. The normalized spacial score (nSPS) is 21.5. The molecule has 1 aliphatic rings. The first-order valence-electron chi connectivity index (χ1n) is 5.50. The van der Waals surface area contributed by atoms with Gasteiger partial charge in [0.2, 0.25) is 0 Å². The predicted molar refractivity (Wildman–Crippen MR) is 55.6 cm³/mol. The van der Waals surface area contributed by atoms with Crippen molar-refractivity contribution in [1.29, 1.82) is 0 Å². The van der Waals surface area contributed by atoms with Crippen molar-refractivity contribution < 1.29 is 13.9 Å². The smallest absolute Gasteiger partial charge is 0.143 e. The van der Waals surface area contributed by atoms with Crippen LogP contribution in [-0.2, 0) is 16.0 Å². The molecule has 3 heteroatoms. The highest BCUT2D eigenvalue weighted by atomic mass is 16.5. The first-order chi connectivity index (χ1) is 7.34. The molecular weight excluding hydrogens is 192 g/mol. The molecule has 1 fully saturated rings. The third-order valence-corrected chi connectivity index (χ3v) is 2.68. The molecule has 1 atom stereocenters. The molecule has 0 bridgehead atoms. The van der Waals surface area contributed by atoms with Crippen molar-refractivity contribution in [2.75, 3.05) is 6.61 Å². The largest absolute Gasteiger partial charge is 0.469 e. The van der Waals surface area contributed by atoms with Crippen LogP contribution in [0.1, 0.15) is 31.4 Å². The number of ketones is 1. The Bertz CT molecular complexity index is 297. The number of hydrogen-bond donors (Lipinski definition) is 0. The molecule has 2 heterocycles. The second-order valence-electron chi connectivity index (χ2n) is 3.99. The standard InChI is InChI=1S/C12H16O3/c13-10(9-12-5-3-7-15-12)8-11-4-1-2-6-14-11/h3,5,7,11H,1-2,4,6,8-9H2. The van der Waals surface area contributed by atoms with Crippen LogP contribution >= 0.6 is 0 Å². The molecule has 0 aliphatic carbocycles. The van der Waals surface area contributed by atoms with Gasteiger partial charge in [0, 0.05) is 13.0 Å². The maximum Gasteiger partial charge on any atom is 0.143 e. The molecule has 0 radical (unpaired) electrons. The highest BCUT2D eigenvalue weighted by Crippen LogP contribution is 2.16. The summed E-state index contributed by atoms with van der Waals surface area (Å²) < 4.78 is 10.6. The Balaban J connectivity index is 1.76. The average Bonchev–Trinajstić information content (AvgIpc) is 2.71. The van der Waals surface area contributed by atoms with Crippen molar-refractivity contribution >= 4 is 5.78 Å². The van der Waals surface area contributed by atoms with Crippen LogP contribution in [0.4, 0.5) is 0 Å². The molecule has 1 saturated heterocycles. The quantitative estimate of drug-likeness (QED) is 0.762. The molecule has 2 rings (SSSR count). The zero-order valence-electron chi connectivity index (χ0n) is 8.78. The van der Waals surface area contributed by atoms with E-state index in [0.29, 0.717) is 12.8 Å². The second kappa shape index (κ2) is 5.12. The van der Waals surface area contributed by atoms with E-state index >= 15 is 0 Å². The Morgan fingerprint density at radius 3 is 3.07 bits per heavy atom. The Kier molecular flexibility index (Phi) is 3.56. The minimum Gasteiger partial charge on any atom is -0.469 e. The SMILES string of the molecule is O=C(Cc1ccco1)CC1CCCCO1. The Hall–Kier alpha value is -1.09. The third kappa shape index (κ3) is 3.20. The lowest BCUT2D eigenvalue weighted by molar-refractivity contribution is -0.122. The van der Waals surface area contributed by atoms with E-state index in [-0.39, 0.29) is 11.9 Å². The number of ether oxygens (including phenoxy) is 1. The van der Waals surface area contributed by atoms with Crippen LogP contribution < -0.4 is 0 Å². The summed E-state index contributed by atoms with van der Waals surface area (Å²) in [5.74, 6) is 0.952. The third-order valence-electron chi connectivity index (χ3n) is 2.68. The van der Waals surface area contributed by atoms with E-state index in [4.69, 9.17) is 9.15 Å². The summed E-state index contributed by atoms with van der Waals surface area (Å²) in [7, 11) is 0. The minimum atomic E-state index is 0.140. The molecule has 0 aromatic carbocycles. The van der Waals surface area contributed by atoms with Crippen LogP contribution in [0.3, 0.4) is 0 Å². The van der Waals surface area contributed by atoms with Crippen molar-refractivity contribution in [2.45, 2.75) is 38.2 Å². The topological polar surface area (TPSA) is 39.4 Å². The van der Waals surface area contributed by atoms with Gasteiger partial charge in [-0.2, -0.15) is 0 Å². The van der Waals surface area contributed by atoms with E-state index < -0.39 is 0 Å². The zero-order valence-corrected chi connectivity index (χ0v) is 8.78. The summed E-state index contributed by atoms with van der Waals surface area (Å²) in [6.45, 7) is 0.804. The molecule has 0 spiro atoms. The molecule has 1 aliphatic heterocycles. The number of Topliss-reactive ketones (excluding diaryl/α,β-unsaturated/α-hetero) is 1. The minimum absolute atomic E-state index is 0.140. The van der Waals surface area contributed by atoms with E-state index in [1.807, 2.05) is 6.07 Å². The van der Waals surface area contributed by atoms with Crippen molar-refractivity contribution in [3.05, 3.63) is 24.2 Å². The van der Waals surface area contributed by atoms with E-state index in [1.165, 1.54) is 6.42 Å². The van der Waals surface area contributed by atoms with Crippen LogP contribution in [0.2, 0.25) is 0 Å². The summed E-state index contributed by atoms with van der Waals surface area (Å²) in [5, 5.41) is 0. The highest BCUT2D eigenvalue weighted by molar-refractivity contribution is 5.80. The maximum atomic E-state index is 11.6. The molecule has 0 amide bonds. The fourth-order valence-electron chi connectivity index (χ4n) is 1.90. The molecule has 1 unspecified atom stereocenters. The average molecular weight is 208 g/mol. The van der Waals surface area contributed by atoms with Crippen molar-refractivity contribution in [3.63, 3.8) is 0 Å². The van der Waals surface area contributed by atoms with Gasteiger partial charge in [-0.15, -0.1) is 0 Å². The first-order valence-corrected chi connectivity index (χ1v) is 5.50. The Morgan fingerprint density at radius 2 is 2.40 bits per heavy atom. The van der Waals surface area contributed by atoms with Gasteiger partial charge in [-0.25, -0.2) is 0 Å². The summed E-state index contributed by atoms with van der Waals surface area (Å²) in [4.78, 5) is 11.6. The molecule has 0 N–H and O–H groups in total. The van der Waals surface area contributed by atoms with E-state index in [1.54, 1.807) is 12.3 Å². The Morgan fingerprint density at radius 1 is 1.47 bits per heavy atom. The number of hydrogen-bond acceptors (Lipinski definition) is 3. The second-order valence-corrected chi connectivity index (χ2v) is 3.99. The van der Waals surface area contributed by atoms with Crippen LogP contribution in [0, 0.1) is 0 Å². The lowest BCUT2D eigenvalue weighted by atomic mass is 10.0. The number of rotatable bonds is 4. The molecule has 15 heavy (non-hydrogen) atoms. The summed E-state index contributed by atoms with van der Waals surface area (Å²) in [5.41, 5.74) is 0. The molecule has 82 valence electrons. The van der Waals surface area contributed by atoms with Gasteiger partial charge in [0.05, 0.1) is 18.8 Å². The van der Waals surface area contributed by atoms with Crippen LogP contribution in [0.5, 0.6) is 0 Å². The first kappa shape index (κ1) is 10.4. The van der Waals surface area contributed by atoms with Gasteiger partial charge in [-0.3, -0.25) is 4.79 Å². The van der Waals surface area contributed by atoms with Gasteiger partial charge < -0.3 is 9.15 Å². The van der Waals surface area contributed by atoms with E-state index in [9.17, 15) is 4.79 Å². The van der Waals surface area contributed by atoms with Gasteiger partial charge in [-0.05, 0) is 31.4 Å². The molecule has 1 aromatic rings. The van der Waals surface area contributed by atoms with Gasteiger partial charge in [0.15, 0.2) is 0 Å². The van der Waals surface area contributed by atoms with Crippen LogP contribution in [-0.4, -0.2) is 18.5 Å². The summed E-state index contributed by atoms with van der Waals surface area (Å²) in [6, 6.07) is 3.64. The molecular formula is C12H16O3. The fourth-order valence-corrected chi connectivity index (χ4v) is 1.90.